The number of ether oxygens (including phenoxy) is 2. The molecule has 7 heteroatoms. The van der Waals surface area contributed by atoms with E-state index in [1.165, 1.54) is 0 Å². The topological polar surface area (TPSA) is 93.3 Å². The van der Waals surface area contributed by atoms with Crippen molar-refractivity contribution in [1.82, 2.24) is 15.3 Å². The Morgan fingerprint density at radius 1 is 1.27 bits per heavy atom. The number of amides is 1. The zero-order valence-electron chi connectivity index (χ0n) is 15.2. The minimum absolute atomic E-state index is 0.0106. The highest BCUT2D eigenvalue weighted by atomic mass is 16.5. The van der Waals surface area contributed by atoms with Gasteiger partial charge >= 0.3 is 0 Å². The van der Waals surface area contributed by atoms with Gasteiger partial charge in [-0.25, -0.2) is 4.98 Å². The molecule has 0 saturated heterocycles. The molecule has 1 aromatic carbocycles. The molecule has 0 spiro atoms. The third kappa shape index (κ3) is 4.04. The zero-order valence-corrected chi connectivity index (χ0v) is 15.2. The van der Waals surface area contributed by atoms with Crippen LogP contribution < -0.4 is 20.3 Å². The predicted octanol–water partition coefficient (Wildman–Crippen LogP) is 1.97. The molecule has 1 aromatic heterocycles. The maximum absolute atomic E-state index is 12.4. The zero-order chi connectivity index (χ0) is 18.7. The average molecular weight is 357 g/mol. The van der Waals surface area contributed by atoms with Crippen molar-refractivity contribution in [2.45, 2.75) is 39.7 Å². The molecule has 1 aliphatic rings. The first-order chi connectivity index (χ1) is 12.4. The second-order valence-electron chi connectivity index (χ2n) is 6.44. The molecular weight excluding hydrogens is 334 g/mol. The summed E-state index contributed by atoms with van der Waals surface area (Å²) in [6.45, 7) is 6.58. The van der Waals surface area contributed by atoms with Gasteiger partial charge in [0.05, 0.1) is 25.7 Å². The Bertz CT molecular complexity index is 876. The fourth-order valence-electron chi connectivity index (χ4n) is 2.94. The maximum Gasteiger partial charge on any atom is 0.254 e. The van der Waals surface area contributed by atoms with Crippen molar-refractivity contribution in [2.24, 2.45) is 0 Å². The van der Waals surface area contributed by atoms with Gasteiger partial charge in [-0.1, -0.05) is 6.07 Å². The van der Waals surface area contributed by atoms with Crippen LogP contribution >= 0.6 is 0 Å². The Kier molecular flexibility index (Phi) is 5.25. The second kappa shape index (κ2) is 7.59. The standard InChI is InChI=1S/C19H23N3O4/c1-11(14-5-6-16-17(9-14)26-8-4-7-25-16)21-18(23)10-15-12(2)20-13(3)22-19(15)24/h5-6,9,11H,4,7-8,10H2,1-3H3,(H,21,23)(H,20,22,24)/t11-/m1/s1. The summed E-state index contributed by atoms with van der Waals surface area (Å²) in [4.78, 5) is 31.3. The molecule has 2 heterocycles. The van der Waals surface area contributed by atoms with Crippen molar-refractivity contribution in [1.29, 1.82) is 0 Å². The Hall–Kier alpha value is -2.83. The lowest BCUT2D eigenvalue weighted by atomic mass is 10.1. The summed E-state index contributed by atoms with van der Waals surface area (Å²) in [7, 11) is 0. The minimum atomic E-state index is -0.270. The van der Waals surface area contributed by atoms with Gasteiger partial charge in [-0.2, -0.15) is 0 Å². The van der Waals surface area contributed by atoms with Crippen LogP contribution in [0, 0.1) is 13.8 Å². The van der Waals surface area contributed by atoms with E-state index < -0.39 is 0 Å². The maximum atomic E-state index is 12.4. The van der Waals surface area contributed by atoms with Crippen molar-refractivity contribution < 1.29 is 14.3 Å². The van der Waals surface area contributed by atoms with Crippen LogP contribution in [0.1, 0.15) is 42.0 Å². The van der Waals surface area contributed by atoms with Crippen LogP contribution in [0.15, 0.2) is 23.0 Å². The molecule has 0 unspecified atom stereocenters. The molecule has 0 bridgehead atoms. The number of carbonyl (C=O) groups excluding carboxylic acids is 1. The molecule has 26 heavy (non-hydrogen) atoms. The highest BCUT2D eigenvalue weighted by Crippen LogP contribution is 2.32. The van der Waals surface area contributed by atoms with Gasteiger partial charge in [-0.15, -0.1) is 0 Å². The molecule has 3 rings (SSSR count). The Labute approximate surface area is 151 Å². The van der Waals surface area contributed by atoms with Gasteiger partial charge in [0.25, 0.3) is 5.56 Å². The molecule has 1 amide bonds. The highest BCUT2D eigenvalue weighted by Gasteiger charge is 2.17. The molecule has 0 aliphatic carbocycles. The smallest absolute Gasteiger partial charge is 0.254 e. The van der Waals surface area contributed by atoms with Crippen LogP contribution in [0.25, 0.3) is 0 Å². The number of hydrogen-bond donors (Lipinski definition) is 2. The number of nitrogens with zero attached hydrogens (tertiary/aromatic N) is 1. The van der Waals surface area contributed by atoms with E-state index in [1.54, 1.807) is 13.8 Å². The lowest BCUT2D eigenvalue weighted by molar-refractivity contribution is -0.121. The number of aryl methyl sites for hydroxylation is 2. The molecule has 0 saturated carbocycles. The van der Waals surface area contributed by atoms with E-state index in [-0.39, 0.29) is 23.9 Å². The molecule has 2 aromatic rings. The third-order valence-corrected chi connectivity index (χ3v) is 4.33. The Balaban J connectivity index is 1.70. The average Bonchev–Trinajstić information content (AvgIpc) is 2.82. The second-order valence-corrected chi connectivity index (χ2v) is 6.44. The first-order valence-electron chi connectivity index (χ1n) is 8.69. The first kappa shape index (κ1) is 18.0. The number of nitrogens with one attached hydrogen (secondary N) is 2. The van der Waals surface area contributed by atoms with Gasteiger partial charge in [0.15, 0.2) is 11.5 Å². The Morgan fingerprint density at radius 3 is 2.73 bits per heavy atom. The van der Waals surface area contributed by atoms with Gasteiger partial charge in [-0.05, 0) is 38.5 Å². The molecule has 0 fully saturated rings. The van der Waals surface area contributed by atoms with Crippen LogP contribution in [-0.4, -0.2) is 29.1 Å². The summed E-state index contributed by atoms with van der Waals surface area (Å²) in [6.07, 6.45) is 0.831. The SMILES string of the molecule is Cc1nc(C)c(CC(=O)N[C@H](C)c2ccc3c(c2)OCCCO3)c(=O)[nH]1. The molecule has 0 radical (unpaired) electrons. The van der Waals surface area contributed by atoms with E-state index in [4.69, 9.17) is 9.47 Å². The van der Waals surface area contributed by atoms with Gasteiger partial charge in [0.2, 0.25) is 5.91 Å². The van der Waals surface area contributed by atoms with E-state index in [0.717, 1.165) is 17.7 Å². The van der Waals surface area contributed by atoms with Gasteiger partial charge in [-0.3, -0.25) is 9.59 Å². The number of carbonyl (C=O) groups is 1. The summed E-state index contributed by atoms with van der Waals surface area (Å²) < 4.78 is 11.3. The summed E-state index contributed by atoms with van der Waals surface area (Å²) in [6, 6.07) is 5.43. The largest absolute Gasteiger partial charge is 0.490 e. The van der Waals surface area contributed by atoms with E-state index in [2.05, 4.69) is 15.3 Å². The number of rotatable bonds is 4. The number of benzene rings is 1. The van der Waals surface area contributed by atoms with Crippen LogP contribution in [0.4, 0.5) is 0 Å². The van der Waals surface area contributed by atoms with E-state index in [0.29, 0.717) is 36.0 Å². The molecule has 138 valence electrons. The van der Waals surface area contributed by atoms with E-state index in [9.17, 15) is 9.59 Å². The summed E-state index contributed by atoms with van der Waals surface area (Å²) in [5.74, 6) is 1.72. The van der Waals surface area contributed by atoms with Crippen molar-refractivity contribution in [3.05, 3.63) is 51.2 Å². The fourth-order valence-corrected chi connectivity index (χ4v) is 2.94. The molecule has 7 nitrogen and oxygen atoms in total. The molecule has 1 aliphatic heterocycles. The van der Waals surface area contributed by atoms with Gasteiger partial charge in [0.1, 0.15) is 5.82 Å². The lowest BCUT2D eigenvalue weighted by Crippen LogP contribution is -2.31. The number of aromatic amines is 1. The molecule has 1 atom stereocenters. The van der Waals surface area contributed by atoms with Crippen molar-refractivity contribution >= 4 is 5.91 Å². The van der Waals surface area contributed by atoms with Crippen molar-refractivity contribution in [3.8, 4) is 11.5 Å². The van der Waals surface area contributed by atoms with Crippen LogP contribution in [0.2, 0.25) is 0 Å². The third-order valence-electron chi connectivity index (χ3n) is 4.33. The first-order valence-corrected chi connectivity index (χ1v) is 8.69. The number of H-pyrrole nitrogens is 1. The fraction of sp³-hybridized carbons (Fsp3) is 0.421. The van der Waals surface area contributed by atoms with E-state index in [1.807, 2.05) is 25.1 Å². The van der Waals surface area contributed by atoms with Crippen LogP contribution in [-0.2, 0) is 11.2 Å². The highest BCUT2D eigenvalue weighted by molar-refractivity contribution is 5.79. The monoisotopic (exact) mass is 357 g/mol. The van der Waals surface area contributed by atoms with Gasteiger partial charge < -0.3 is 19.8 Å². The normalized spacial score (nSPS) is 14.4. The van der Waals surface area contributed by atoms with Crippen molar-refractivity contribution in [3.63, 3.8) is 0 Å². The van der Waals surface area contributed by atoms with Gasteiger partial charge in [0, 0.05) is 17.7 Å². The quantitative estimate of drug-likeness (QED) is 0.873. The summed E-state index contributed by atoms with van der Waals surface area (Å²) in [5, 5.41) is 2.92. The van der Waals surface area contributed by atoms with Crippen molar-refractivity contribution in [2.75, 3.05) is 13.2 Å². The number of fused-ring (bicyclic) bond motifs is 1. The minimum Gasteiger partial charge on any atom is -0.490 e. The predicted molar refractivity (Wildman–Crippen MR) is 96.6 cm³/mol. The number of hydrogen-bond acceptors (Lipinski definition) is 5. The molecular formula is C19H23N3O4. The summed E-state index contributed by atoms with van der Waals surface area (Å²) in [5.41, 5.74) is 1.60. The molecule has 2 N–H and O–H groups in total. The van der Waals surface area contributed by atoms with E-state index >= 15 is 0 Å². The Morgan fingerprint density at radius 2 is 2.00 bits per heavy atom. The van der Waals surface area contributed by atoms with Crippen LogP contribution in [0.3, 0.4) is 0 Å². The van der Waals surface area contributed by atoms with Crippen LogP contribution in [0.5, 0.6) is 11.5 Å². The lowest BCUT2D eigenvalue weighted by Gasteiger charge is -2.16. The summed E-state index contributed by atoms with van der Waals surface area (Å²) >= 11 is 0. The number of aromatic nitrogens is 2.